The van der Waals surface area contributed by atoms with Crippen LogP contribution in [0.5, 0.6) is 0 Å². The standard InChI is InChI=1S/C15H13Cl2N/c1-18-14-6-10(8-16)2-4-12(14)13-5-3-11(9-17)7-15(13)18/h2-7H,8-9H2,1H3. The molecule has 0 atom stereocenters. The van der Waals surface area contributed by atoms with E-state index in [4.69, 9.17) is 23.2 Å². The van der Waals surface area contributed by atoms with Gasteiger partial charge in [-0.1, -0.05) is 24.3 Å². The van der Waals surface area contributed by atoms with Gasteiger partial charge in [0.1, 0.15) is 0 Å². The molecule has 0 unspecified atom stereocenters. The molecule has 0 radical (unpaired) electrons. The van der Waals surface area contributed by atoms with Gasteiger partial charge in [-0.05, 0) is 23.3 Å². The van der Waals surface area contributed by atoms with Crippen molar-refractivity contribution in [2.24, 2.45) is 7.05 Å². The summed E-state index contributed by atoms with van der Waals surface area (Å²) < 4.78 is 2.21. The zero-order valence-electron chi connectivity index (χ0n) is 10.1. The van der Waals surface area contributed by atoms with Crippen LogP contribution in [0.15, 0.2) is 36.4 Å². The van der Waals surface area contributed by atoms with Crippen molar-refractivity contribution in [2.45, 2.75) is 11.8 Å². The second kappa shape index (κ2) is 4.49. The maximum absolute atomic E-state index is 5.90. The van der Waals surface area contributed by atoms with Crippen molar-refractivity contribution in [3.63, 3.8) is 0 Å². The van der Waals surface area contributed by atoms with Crippen molar-refractivity contribution < 1.29 is 0 Å². The number of halogens is 2. The monoisotopic (exact) mass is 277 g/mol. The highest BCUT2D eigenvalue weighted by Crippen LogP contribution is 2.30. The van der Waals surface area contributed by atoms with Crippen LogP contribution in [0.25, 0.3) is 21.8 Å². The average molecular weight is 278 g/mol. The van der Waals surface area contributed by atoms with Gasteiger partial charge < -0.3 is 4.57 Å². The third-order valence-electron chi connectivity index (χ3n) is 3.45. The third kappa shape index (κ3) is 1.70. The van der Waals surface area contributed by atoms with E-state index in [1.165, 1.54) is 21.8 Å². The molecule has 0 aliphatic rings. The number of hydrogen-bond donors (Lipinski definition) is 0. The molecule has 0 spiro atoms. The number of nitrogens with zero attached hydrogens (tertiary/aromatic N) is 1. The molecule has 0 bridgehead atoms. The van der Waals surface area contributed by atoms with Crippen LogP contribution < -0.4 is 0 Å². The largest absolute Gasteiger partial charge is 0.344 e. The van der Waals surface area contributed by atoms with Gasteiger partial charge >= 0.3 is 0 Å². The zero-order valence-corrected chi connectivity index (χ0v) is 11.6. The molecule has 3 heteroatoms. The summed E-state index contributed by atoms with van der Waals surface area (Å²) in [4.78, 5) is 0. The number of benzene rings is 2. The Balaban J connectivity index is 2.41. The first-order valence-electron chi connectivity index (χ1n) is 5.86. The minimum Gasteiger partial charge on any atom is -0.344 e. The van der Waals surface area contributed by atoms with E-state index in [2.05, 4.69) is 48.0 Å². The third-order valence-corrected chi connectivity index (χ3v) is 4.06. The quantitative estimate of drug-likeness (QED) is 0.593. The normalized spacial score (nSPS) is 11.5. The van der Waals surface area contributed by atoms with Crippen LogP contribution in [0.3, 0.4) is 0 Å². The lowest BCUT2D eigenvalue weighted by molar-refractivity contribution is 1.01. The summed E-state index contributed by atoms with van der Waals surface area (Å²) in [7, 11) is 2.08. The maximum Gasteiger partial charge on any atom is 0.0491 e. The van der Waals surface area contributed by atoms with Crippen molar-refractivity contribution >= 4 is 45.0 Å². The fourth-order valence-corrected chi connectivity index (χ4v) is 2.79. The molecule has 3 aromatic rings. The van der Waals surface area contributed by atoms with Gasteiger partial charge in [0.15, 0.2) is 0 Å². The van der Waals surface area contributed by atoms with Gasteiger partial charge in [-0.15, -0.1) is 23.2 Å². The Morgan fingerprint density at radius 3 is 1.67 bits per heavy atom. The molecule has 2 aromatic carbocycles. The van der Waals surface area contributed by atoms with Crippen molar-refractivity contribution in [3.05, 3.63) is 47.5 Å². The first-order chi connectivity index (χ1) is 8.74. The molecule has 0 aliphatic carbocycles. The molecule has 1 nitrogen and oxygen atoms in total. The molecule has 0 amide bonds. The van der Waals surface area contributed by atoms with E-state index in [1.54, 1.807) is 0 Å². The Morgan fingerprint density at radius 2 is 1.28 bits per heavy atom. The number of hydrogen-bond acceptors (Lipinski definition) is 0. The highest BCUT2D eigenvalue weighted by Gasteiger charge is 2.09. The molecular weight excluding hydrogens is 265 g/mol. The molecule has 1 heterocycles. The summed E-state index contributed by atoms with van der Waals surface area (Å²) in [6.45, 7) is 0. The fraction of sp³-hybridized carbons (Fsp3) is 0.200. The number of aryl methyl sites for hydroxylation is 1. The molecule has 0 aliphatic heterocycles. The lowest BCUT2D eigenvalue weighted by Gasteiger charge is -2.00. The van der Waals surface area contributed by atoms with Crippen molar-refractivity contribution in [1.29, 1.82) is 0 Å². The Kier molecular flexibility index (Phi) is 2.96. The van der Waals surface area contributed by atoms with E-state index in [9.17, 15) is 0 Å². The Morgan fingerprint density at radius 1 is 0.833 bits per heavy atom. The topological polar surface area (TPSA) is 4.93 Å². The highest BCUT2D eigenvalue weighted by atomic mass is 35.5. The van der Waals surface area contributed by atoms with E-state index in [0.29, 0.717) is 11.8 Å². The number of alkyl halides is 2. The van der Waals surface area contributed by atoms with Crippen LogP contribution in [0.1, 0.15) is 11.1 Å². The first kappa shape index (κ1) is 11.9. The second-order valence-electron chi connectivity index (χ2n) is 4.53. The van der Waals surface area contributed by atoms with E-state index in [0.717, 1.165) is 11.1 Å². The molecule has 18 heavy (non-hydrogen) atoms. The highest BCUT2D eigenvalue weighted by molar-refractivity contribution is 6.18. The Bertz CT molecular complexity index is 667. The molecule has 0 saturated carbocycles. The number of rotatable bonds is 2. The number of aromatic nitrogens is 1. The lowest BCUT2D eigenvalue weighted by Crippen LogP contribution is -1.88. The van der Waals surface area contributed by atoms with Crippen LogP contribution >= 0.6 is 23.2 Å². The summed E-state index contributed by atoms with van der Waals surface area (Å²) in [5, 5.41) is 2.53. The van der Waals surface area contributed by atoms with Crippen LogP contribution in [0, 0.1) is 0 Å². The number of fused-ring (bicyclic) bond motifs is 3. The fourth-order valence-electron chi connectivity index (χ4n) is 2.46. The summed E-state index contributed by atoms with van der Waals surface area (Å²) in [5.41, 5.74) is 4.73. The smallest absolute Gasteiger partial charge is 0.0491 e. The van der Waals surface area contributed by atoms with Gasteiger partial charge in [-0.25, -0.2) is 0 Å². The van der Waals surface area contributed by atoms with Gasteiger partial charge in [0, 0.05) is 40.6 Å². The summed E-state index contributed by atoms with van der Waals surface area (Å²) in [6.07, 6.45) is 0. The molecular formula is C15H13Cl2N. The summed E-state index contributed by atoms with van der Waals surface area (Å²) >= 11 is 11.8. The van der Waals surface area contributed by atoms with E-state index >= 15 is 0 Å². The zero-order chi connectivity index (χ0) is 12.7. The van der Waals surface area contributed by atoms with Crippen LogP contribution in [-0.4, -0.2) is 4.57 Å². The van der Waals surface area contributed by atoms with Crippen LogP contribution in [0.2, 0.25) is 0 Å². The van der Waals surface area contributed by atoms with E-state index in [1.807, 2.05) is 0 Å². The van der Waals surface area contributed by atoms with Gasteiger partial charge in [-0.2, -0.15) is 0 Å². The minimum atomic E-state index is 0.546. The second-order valence-corrected chi connectivity index (χ2v) is 5.06. The molecule has 92 valence electrons. The van der Waals surface area contributed by atoms with Gasteiger partial charge in [0.2, 0.25) is 0 Å². The first-order valence-corrected chi connectivity index (χ1v) is 6.93. The molecule has 0 saturated heterocycles. The average Bonchev–Trinajstić information content (AvgIpc) is 2.71. The summed E-state index contributed by atoms with van der Waals surface area (Å²) in [6, 6.07) is 12.8. The molecule has 0 N–H and O–H groups in total. The predicted molar refractivity (Wildman–Crippen MR) is 79.5 cm³/mol. The molecule has 1 aromatic heterocycles. The van der Waals surface area contributed by atoms with Gasteiger partial charge in [-0.3, -0.25) is 0 Å². The van der Waals surface area contributed by atoms with Crippen molar-refractivity contribution in [3.8, 4) is 0 Å². The Hall–Kier alpha value is -1.18. The van der Waals surface area contributed by atoms with E-state index < -0.39 is 0 Å². The maximum atomic E-state index is 5.90. The van der Waals surface area contributed by atoms with Gasteiger partial charge in [0.25, 0.3) is 0 Å². The van der Waals surface area contributed by atoms with Crippen LogP contribution in [-0.2, 0) is 18.8 Å². The minimum absolute atomic E-state index is 0.546. The molecule has 3 rings (SSSR count). The van der Waals surface area contributed by atoms with Crippen molar-refractivity contribution in [1.82, 2.24) is 4.57 Å². The lowest BCUT2D eigenvalue weighted by atomic mass is 10.1. The van der Waals surface area contributed by atoms with E-state index in [-0.39, 0.29) is 0 Å². The van der Waals surface area contributed by atoms with Gasteiger partial charge in [0.05, 0.1) is 0 Å². The van der Waals surface area contributed by atoms with Crippen LogP contribution in [0.4, 0.5) is 0 Å². The molecule has 0 fully saturated rings. The Labute approximate surface area is 116 Å². The predicted octanol–water partition coefficient (Wildman–Crippen LogP) is 4.81. The summed E-state index contributed by atoms with van der Waals surface area (Å²) in [5.74, 6) is 1.09. The van der Waals surface area contributed by atoms with Crippen molar-refractivity contribution in [2.75, 3.05) is 0 Å². The SMILES string of the molecule is Cn1c2cc(CCl)ccc2c2ccc(CCl)cc21.